The second-order valence-corrected chi connectivity index (χ2v) is 3.20. The molecule has 5 heteroatoms. The Balaban J connectivity index is 0.000000720. The normalized spacial score (nSPS) is 38.8. The van der Waals surface area contributed by atoms with Crippen molar-refractivity contribution in [1.82, 2.24) is 5.32 Å². The topological polar surface area (TPSA) is 58.6 Å². The summed E-state index contributed by atoms with van der Waals surface area (Å²) in [6.07, 6.45) is 0.556. The number of ether oxygens (including phenoxy) is 1. The molecule has 2 heterocycles. The van der Waals surface area contributed by atoms with Crippen LogP contribution in [-0.4, -0.2) is 36.9 Å². The first kappa shape index (κ1) is 9.77. The zero-order valence-corrected chi connectivity index (χ0v) is 7.39. The van der Waals surface area contributed by atoms with Gasteiger partial charge in [0.25, 0.3) is 0 Å². The fourth-order valence-corrected chi connectivity index (χ4v) is 1.91. The van der Waals surface area contributed by atoms with E-state index in [0.29, 0.717) is 26.1 Å². The van der Waals surface area contributed by atoms with Gasteiger partial charge in [-0.25, -0.2) is 0 Å². The molecule has 0 radical (unpaired) electrons. The molecule has 0 spiro atoms. The van der Waals surface area contributed by atoms with Gasteiger partial charge in [-0.05, 0) is 6.42 Å². The molecule has 2 fully saturated rings. The number of hydrogen-bond donors (Lipinski definition) is 2. The molecule has 2 N–H and O–H groups in total. The highest BCUT2D eigenvalue weighted by molar-refractivity contribution is 5.85. The molecule has 0 saturated carbocycles. The smallest absolute Gasteiger partial charge is 0.313 e. The van der Waals surface area contributed by atoms with Crippen LogP contribution in [0.25, 0.3) is 0 Å². The summed E-state index contributed by atoms with van der Waals surface area (Å²) in [5, 5.41) is 12.0. The molecular weight excluding hydrogens is 182 g/mol. The maximum absolute atomic E-state index is 10.9. The number of carbonyl (C=O) groups is 1. The summed E-state index contributed by atoms with van der Waals surface area (Å²) in [5.41, 5.74) is -0.611. The molecular formula is C7H12ClNO3. The van der Waals surface area contributed by atoms with Crippen LogP contribution >= 0.6 is 12.4 Å². The summed E-state index contributed by atoms with van der Waals surface area (Å²) < 4.78 is 5.30. The van der Waals surface area contributed by atoms with E-state index in [0.717, 1.165) is 0 Å². The number of rotatable bonds is 1. The molecule has 0 aromatic carbocycles. The van der Waals surface area contributed by atoms with Crippen LogP contribution in [0.1, 0.15) is 6.42 Å². The Hall–Kier alpha value is -0.320. The van der Waals surface area contributed by atoms with E-state index in [1.165, 1.54) is 0 Å². The monoisotopic (exact) mass is 193 g/mol. The zero-order valence-electron chi connectivity index (χ0n) is 6.58. The number of carboxylic acid groups (broad SMARTS) is 1. The lowest BCUT2D eigenvalue weighted by atomic mass is 9.84. The fraction of sp³-hybridized carbons (Fsp3) is 0.857. The van der Waals surface area contributed by atoms with Gasteiger partial charge in [-0.3, -0.25) is 4.79 Å². The summed E-state index contributed by atoms with van der Waals surface area (Å²) in [4.78, 5) is 10.9. The van der Waals surface area contributed by atoms with Crippen molar-refractivity contribution in [2.45, 2.75) is 12.5 Å². The second kappa shape index (κ2) is 3.20. The maximum Gasteiger partial charge on any atom is 0.313 e. The number of nitrogens with one attached hydrogen (secondary N) is 1. The average molecular weight is 194 g/mol. The van der Waals surface area contributed by atoms with Gasteiger partial charge in [0.2, 0.25) is 0 Å². The Morgan fingerprint density at radius 2 is 2.42 bits per heavy atom. The van der Waals surface area contributed by atoms with Gasteiger partial charge in [0.15, 0.2) is 0 Å². The van der Waals surface area contributed by atoms with Gasteiger partial charge in [0.1, 0.15) is 5.41 Å². The standard InChI is InChI=1S/C7H11NO3.ClH/c9-6(10)7-1-2-11-5(7)3-8-4-7;/h5,8H,1-4H2,(H,9,10);1H/t5-,7-;/m0./s1. The van der Waals surface area contributed by atoms with Crippen molar-refractivity contribution in [2.75, 3.05) is 19.7 Å². The Labute approximate surface area is 76.7 Å². The van der Waals surface area contributed by atoms with E-state index in [1.54, 1.807) is 0 Å². The van der Waals surface area contributed by atoms with Crippen LogP contribution in [0.15, 0.2) is 0 Å². The first-order valence-corrected chi connectivity index (χ1v) is 3.81. The summed E-state index contributed by atoms with van der Waals surface area (Å²) >= 11 is 0. The molecule has 2 saturated heterocycles. The van der Waals surface area contributed by atoms with Crippen molar-refractivity contribution in [3.05, 3.63) is 0 Å². The van der Waals surface area contributed by atoms with Crippen molar-refractivity contribution in [2.24, 2.45) is 5.41 Å². The summed E-state index contributed by atoms with van der Waals surface area (Å²) in [6, 6.07) is 0. The third-order valence-corrected chi connectivity index (χ3v) is 2.68. The van der Waals surface area contributed by atoms with Crippen molar-refractivity contribution < 1.29 is 14.6 Å². The van der Waals surface area contributed by atoms with E-state index in [1.807, 2.05) is 0 Å². The van der Waals surface area contributed by atoms with Crippen LogP contribution in [0.5, 0.6) is 0 Å². The third kappa shape index (κ3) is 1.11. The van der Waals surface area contributed by atoms with Gasteiger partial charge < -0.3 is 15.2 Å². The van der Waals surface area contributed by atoms with E-state index >= 15 is 0 Å². The average Bonchev–Trinajstić information content (AvgIpc) is 2.40. The van der Waals surface area contributed by atoms with Crippen molar-refractivity contribution >= 4 is 18.4 Å². The van der Waals surface area contributed by atoms with Crippen LogP contribution in [0, 0.1) is 5.41 Å². The molecule has 70 valence electrons. The van der Waals surface area contributed by atoms with E-state index in [2.05, 4.69) is 5.32 Å². The number of carboxylic acids is 1. The third-order valence-electron chi connectivity index (χ3n) is 2.68. The van der Waals surface area contributed by atoms with Crippen LogP contribution < -0.4 is 5.32 Å². The van der Waals surface area contributed by atoms with Gasteiger partial charge in [-0.1, -0.05) is 0 Å². The van der Waals surface area contributed by atoms with E-state index in [-0.39, 0.29) is 18.5 Å². The van der Waals surface area contributed by atoms with Gasteiger partial charge in [0.05, 0.1) is 6.10 Å². The number of hydrogen-bond acceptors (Lipinski definition) is 3. The number of aliphatic carboxylic acids is 1. The Morgan fingerprint density at radius 3 is 3.00 bits per heavy atom. The number of fused-ring (bicyclic) bond motifs is 1. The summed E-state index contributed by atoms with van der Waals surface area (Å²) in [5.74, 6) is -0.718. The highest BCUT2D eigenvalue weighted by atomic mass is 35.5. The SMILES string of the molecule is Cl.O=C(O)[C@]12CCO[C@H]1CNC2. The minimum Gasteiger partial charge on any atom is -0.481 e. The molecule has 2 rings (SSSR count). The molecule has 2 atom stereocenters. The van der Waals surface area contributed by atoms with Crippen molar-refractivity contribution in [3.8, 4) is 0 Å². The second-order valence-electron chi connectivity index (χ2n) is 3.20. The lowest BCUT2D eigenvalue weighted by Gasteiger charge is -2.19. The predicted octanol–water partition coefficient (Wildman–Crippen LogP) is -0.129. The quantitative estimate of drug-likeness (QED) is 0.609. The first-order chi connectivity index (χ1) is 5.26. The van der Waals surface area contributed by atoms with Crippen molar-refractivity contribution in [1.29, 1.82) is 0 Å². The highest BCUT2D eigenvalue weighted by Crippen LogP contribution is 2.37. The molecule has 0 unspecified atom stereocenters. The Kier molecular flexibility index (Phi) is 2.61. The largest absolute Gasteiger partial charge is 0.481 e. The molecule has 0 aromatic heterocycles. The lowest BCUT2D eigenvalue weighted by Crippen LogP contribution is -2.38. The van der Waals surface area contributed by atoms with Gasteiger partial charge >= 0.3 is 5.97 Å². The molecule has 4 nitrogen and oxygen atoms in total. The predicted molar refractivity (Wildman–Crippen MR) is 44.5 cm³/mol. The summed E-state index contributed by atoms with van der Waals surface area (Å²) in [6.45, 7) is 1.85. The van der Waals surface area contributed by atoms with Gasteiger partial charge in [-0.2, -0.15) is 0 Å². The van der Waals surface area contributed by atoms with Crippen LogP contribution in [0.3, 0.4) is 0 Å². The lowest BCUT2D eigenvalue weighted by molar-refractivity contribution is -0.149. The van der Waals surface area contributed by atoms with Crippen molar-refractivity contribution in [3.63, 3.8) is 0 Å². The molecule has 2 aliphatic heterocycles. The fourth-order valence-electron chi connectivity index (χ4n) is 1.91. The van der Waals surface area contributed by atoms with Gasteiger partial charge in [-0.15, -0.1) is 12.4 Å². The maximum atomic E-state index is 10.9. The molecule has 0 aromatic rings. The molecule has 12 heavy (non-hydrogen) atoms. The molecule has 0 bridgehead atoms. The van der Waals surface area contributed by atoms with Crippen LogP contribution in [0.4, 0.5) is 0 Å². The van der Waals surface area contributed by atoms with Crippen LogP contribution in [-0.2, 0) is 9.53 Å². The van der Waals surface area contributed by atoms with E-state index in [4.69, 9.17) is 9.84 Å². The first-order valence-electron chi connectivity index (χ1n) is 3.81. The van der Waals surface area contributed by atoms with E-state index < -0.39 is 11.4 Å². The molecule has 2 aliphatic rings. The number of halogens is 1. The van der Waals surface area contributed by atoms with Gasteiger partial charge in [0, 0.05) is 19.7 Å². The van der Waals surface area contributed by atoms with Crippen LogP contribution in [0.2, 0.25) is 0 Å². The van der Waals surface area contributed by atoms with E-state index in [9.17, 15) is 4.79 Å². The zero-order chi connectivity index (χ0) is 7.90. The molecule has 0 aliphatic carbocycles. The summed E-state index contributed by atoms with van der Waals surface area (Å²) in [7, 11) is 0. The Bertz CT molecular complexity index is 187. The minimum absolute atomic E-state index is 0. The highest BCUT2D eigenvalue weighted by Gasteiger charge is 2.53. The molecule has 0 amide bonds. The minimum atomic E-state index is -0.718. The Morgan fingerprint density at radius 1 is 1.67 bits per heavy atom.